The van der Waals surface area contributed by atoms with E-state index in [1.807, 2.05) is 6.07 Å². The van der Waals surface area contributed by atoms with E-state index in [2.05, 4.69) is 25.5 Å². The zero-order chi connectivity index (χ0) is 15.4. The summed E-state index contributed by atoms with van der Waals surface area (Å²) in [6.07, 6.45) is 8.10. The molecule has 2 aromatic rings. The Labute approximate surface area is 201 Å². The van der Waals surface area contributed by atoms with Gasteiger partial charge in [-0.3, -0.25) is 14.9 Å². The van der Waals surface area contributed by atoms with Crippen LogP contribution >= 0.6 is 0 Å². The van der Waals surface area contributed by atoms with E-state index in [-0.39, 0.29) is 88.6 Å². The van der Waals surface area contributed by atoms with Gasteiger partial charge in [0.25, 0.3) is 0 Å². The molecule has 24 heavy (non-hydrogen) atoms. The Balaban J connectivity index is 0.00000144. The van der Waals surface area contributed by atoms with E-state index < -0.39 is 0 Å². The molecule has 0 aliphatic heterocycles. The number of nitrogens with one attached hydrogen (secondary N) is 2. The molecule has 2 heterocycles. The van der Waals surface area contributed by atoms with Gasteiger partial charge in [-0.2, -0.15) is 5.10 Å². The number of aromatic amines is 1. The third-order valence-electron chi connectivity index (χ3n) is 3.89. The molecule has 0 bridgehead atoms. The quantitative estimate of drug-likeness (QED) is 0.601. The van der Waals surface area contributed by atoms with Crippen LogP contribution in [0.4, 0.5) is 5.82 Å². The predicted molar refractivity (Wildman–Crippen MR) is 87.1 cm³/mol. The Morgan fingerprint density at radius 2 is 2.08 bits per heavy atom. The molecule has 124 valence electrons. The SMILES string of the molecule is COc1cnc(CC(=O)Nc2cc(C3CCCC3)[nH]n2)cn1.[CH3-].[Cs+]. The molecule has 1 aliphatic carbocycles. The molecule has 3 rings (SSSR count). The fraction of sp³-hybridized carbons (Fsp3) is 0.438. The summed E-state index contributed by atoms with van der Waals surface area (Å²) >= 11 is 0. The van der Waals surface area contributed by atoms with Crippen molar-refractivity contribution in [2.75, 3.05) is 12.4 Å². The Kier molecular flexibility index (Phi) is 9.54. The largest absolute Gasteiger partial charge is 1.00 e. The topological polar surface area (TPSA) is 92.8 Å². The number of rotatable bonds is 5. The van der Waals surface area contributed by atoms with Gasteiger partial charge in [-0.1, -0.05) is 12.8 Å². The van der Waals surface area contributed by atoms with Gasteiger partial charge in [0.1, 0.15) is 0 Å². The molecule has 1 saturated carbocycles. The van der Waals surface area contributed by atoms with E-state index in [0.717, 1.165) is 5.69 Å². The fourth-order valence-electron chi connectivity index (χ4n) is 2.74. The minimum atomic E-state index is -0.163. The van der Waals surface area contributed by atoms with Crippen molar-refractivity contribution in [3.63, 3.8) is 0 Å². The van der Waals surface area contributed by atoms with Gasteiger partial charge < -0.3 is 17.5 Å². The van der Waals surface area contributed by atoms with Gasteiger partial charge in [0.2, 0.25) is 11.8 Å². The van der Waals surface area contributed by atoms with Crippen LogP contribution in [-0.4, -0.2) is 33.2 Å². The predicted octanol–water partition coefficient (Wildman–Crippen LogP) is -0.499. The summed E-state index contributed by atoms with van der Waals surface area (Å²) < 4.78 is 4.93. The van der Waals surface area contributed by atoms with E-state index in [4.69, 9.17) is 4.74 Å². The van der Waals surface area contributed by atoms with Crippen LogP contribution in [0.1, 0.15) is 43.0 Å². The summed E-state index contributed by atoms with van der Waals surface area (Å²) in [5.41, 5.74) is 1.70. The van der Waals surface area contributed by atoms with E-state index in [1.165, 1.54) is 45.2 Å². The van der Waals surface area contributed by atoms with Crippen LogP contribution in [0.15, 0.2) is 18.5 Å². The summed E-state index contributed by atoms with van der Waals surface area (Å²) in [6, 6.07) is 1.92. The molecule has 1 aliphatic rings. The zero-order valence-electron chi connectivity index (χ0n) is 14.5. The molecule has 7 nitrogen and oxygen atoms in total. The summed E-state index contributed by atoms with van der Waals surface area (Å²) in [4.78, 5) is 20.2. The number of amides is 1. The number of ether oxygens (including phenoxy) is 1. The monoisotopic (exact) mass is 449 g/mol. The first-order chi connectivity index (χ1) is 10.7. The van der Waals surface area contributed by atoms with E-state index >= 15 is 0 Å². The smallest absolute Gasteiger partial charge is 0.480 e. The van der Waals surface area contributed by atoms with E-state index in [0.29, 0.717) is 23.3 Å². The van der Waals surface area contributed by atoms with Gasteiger partial charge in [0, 0.05) is 17.7 Å². The molecule has 0 aromatic carbocycles. The number of anilines is 1. The fourth-order valence-corrected chi connectivity index (χ4v) is 2.74. The molecule has 0 radical (unpaired) electrons. The summed E-state index contributed by atoms with van der Waals surface area (Å²) in [5.74, 6) is 1.38. The third-order valence-corrected chi connectivity index (χ3v) is 3.89. The normalized spacial score (nSPS) is 13.7. The first kappa shape index (κ1) is 21.7. The van der Waals surface area contributed by atoms with Gasteiger partial charge in [0.15, 0.2) is 5.82 Å². The van der Waals surface area contributed by atoms with Crippen molar-refractivity contribution in [1.82, 2.24) is 20.2 Å². The standard InChI is InChI=1S/C15H19N5O2.CH3.Cs/c1-22-15-9-16-11(8-17-15)6-14(21)18-13-7-12(19-20-13)10-4-2-3-5-10;;/h7-10H,2-6H2,1H3,(H2,18,19,20,21);1H3;/q;-1;+1. The van der Waals surface area contributed by atoms with Crippen LogP contribution in [0.2, 0.25) is 0 Å². The summed E-state index contributed by atoms with van der Waals surface area (Å²) in [7, 11) is 1.52. The van der Waals surface area contributed by atoms with Crippen molar-refractivity contribution in [3.05, 3.63) is 37.3 Å². The molecule has 8 heteroatoms. The van der Waals surface area contributed by atoms with Crippen LogP contribution in [-0.2, 0) is 11.2 Å². The molecule has 0 atom stereocenters. The number of nitrogens with zero attached hydrogens (tertiary/aromatic N) is 3. The van der Waals surface area contributed by atoms with Crippen molar-refractivity contribution in [2.24, 2.45) is 0 Å². The van der Waals surface area contributed by atoms with Gasteiger partial charge in [0.05, 0.1) is 31.6 Å². The molecule has 1 fully saturated rings. The Morgan fingerprint density at radius 3 is 2.71 bits per heavy atom. The van der Waals surface area contributed by atoms with E-state index in [9.17, 15) is 4.79 Å². The van der Waals surface area contributed by atoms with Crippen molar-refractivity contribution in [3.8, 4) is 5.88 Å². The molecule has 1 amide bonds. The number of hydrogen-bond acceptors (Lipinski definition) is 5. The second kappa shape index (κ2) is 10.6. The first-order valence-electron chi connectivity index (χ1n) is 7.44. The third kappa shape index (κ3) is 5.85. The van der Waals surface area contributed by atoms with Crippen molar-refractivity contribution < 1.29 is 78.4 Å². The van der Waals surface area contributed by atoms with Gasteiger partial charge in [-0.15, -0.1) is 0 Å². The summed E-state index contributed by atoms with van der Waals surface area (Å²) in [5, 5.41) is 9.96. The van der Waals surface area contributed by atoms with Crippen LogP contribution in [0.5, 0.6) is 5.88 Å². The number of methoxy groups -OCH3 is 1. The Bertz CT molecular complexity index is 638. The summed E-state index contributed by atoms with van der Waals surface area (Å²) in [6.45, 7) is 0. The van der Waals surface area contributed by atoms with Gasteiger partial charge in [-0.05, 0) is 12.8 Å². The number of aromatic nitrogens is 4. The van der Waals surface area contributed by atoms with Crippen molar-refractivity contribution in [2.45, 2.75) is 38.0 Å². The maximum absolute atomic E-state index is 12.0. The van der Waals surface area contributed by atoms with E-state index in [1.54, 1.807) is 0 Å². The van der Waals surface area contributed by atoms with Crippen LogP contribution in [0.3, 0.4) is 0 Å². The maximum atomic E-state index is 12.0. The van der Waals surface area contributed by atoms with Crippen LogP contribution < -0.4 is 78.9 Å². The second-order valence-corrected chi connectivity index (χ2v) is 5.46. The Hall–Kier alpha value is -0.388. The average Bonchev–Trinajstić information content (AvgIpc) is 3.19. The molecular weight excluding hydrogens is 427 g/mol. The van der Waals surface area contributed by atoms with Crippen molar-refractivity contribution >= 4 is 11.7 Å². The minimum Gasteiger partial charge on any atom is -0.480 e. The molecule has 0 saturated heterocycles. The maximum Gasteiger partial charge on any atom is 1.00 e. The van der Waals surface area contributed by atoms with Crippen LogP contribution in [0, 0.1) is 7.43 Å². The molecular formula is C16H22CsN5O2. The molecule has 2 aromatic heterocycles. The average molecular weight is 449 g/mol. The minimum absolute atomic E-state index is 0. The zero-order valence-corrected chi connectivity index (χ0v) is 20.8. The number of hydrogen-bond donors (Lipinski definition) is 2. The number of carbonyl (C=O) groups excluding carboxylic acids is 1. The number of carbonyl (C=O) groups is 1. The Morgan fingerprint density at radius 1 is 1.33 bits per heavy atom. The first-order valence-corrected chi connectivity index (χ1v) is 7.44. The van der Waals surface area contributed by atoms with Crippen LogP contribution in [0.25, 0.3) is 0 Å². The van der Waals surface area contributed by atoms with Gasteiger partial charge in [-0.25, -0.2) is 4.98 Å². The second-order valence-electron chi connectivity index (χ2n) is 5.46. The van der Waals surface area contributed by atoms with Crippen molar-refractivity contribution in [1.29, 1.82) is 0 Å². The molecule has 0 spiro atoms. The number of H-pyrrole nitrogens is 1. The molecule has 0 unspecified atom stereocenters. The molecule has 2 N–H and O–H groups in total. The van der Waals surface area contributed by atoms with Gasteiger partial charge >= 0.3 is 68.9 Å².